The first kappa shape index (κ1) is 15.1. The second-order valence-electron chi connectivity index (χ2n) is 4.39. The predicted molar refractivity (Wildman–Crippen MR) is 75.7 cm³/mol. The van der Waals surface area contributed by atoms with Crippen LogP contribution >= 0.6 is 15.9 Å². The van der Waals surface area contributed by atoms with Gasteiger partial charge < -0.3 is 0 Å². The number of aryl methyl sites for hydroxylation is 1. The van der Waals surface area contributed by atoms with E-state index in [4.69, 9.17) is 5.84 Å². The molecule has 0 fully saturated rings. The SMILES string of the molecule is CCn1ncc(Br)c1C(Cc1cc(F)cc(F)c1)NN. The Labute approximate surface area is 124 Å². The second-order valence-corrected chi connectivity index (χ2v) is 5.25. The average molecular weight is 345 g/mol. The summed E-state index contributed by atoms with van der Waals surface area (Å²) in [6, 6.07) is 3.15. The van der Waals surface area contributed by atoms with Gasteiger partial charge in [-0.1, -0.05) is 0 Å². The Hall–Kier alpha value is -1.31. The summed E-state index contributed by atoms with van der Waals surface area (Å²) in [5, 5.41) is 4.21. The van der Waals surface area contributed by atoms with Gasteiger partial charge in [-0.25, -0.2) is 8.78 Å². The molecule has 1 aromatic heterocycles. The van der Waals surface area contributed by atoms with Gasteiger partial charge in [0, 0.05) is 12.6 Å². The highest BCUT2D eigenvalue weighted by molar-refractivity contribution is 9.10. The average Bonchev–Trinajstić information content (AvgIpc) is 2.76. The van der Waals surface area contributed by atoms with Crippen molar-refractivity contribution in [2.24, 2.45) is 5.84 Å². The van der Waals surface area contributed by atoms with E-state index in [1.165, 1.54) is 12.1 Å². The zero-order chi connectivity index (χ0) is 14.7. The minimum Gasteiger partial charge on any atom is -0.271 e. The lowest BCUT2D eigenvalue weighted by Crippen LogP contribution is -2.31. The molecule has 0 aliphatic carbocycles. The summed E-state index contributed by atoms with van der Waals surface area (Å²) in [7, 11) is 0. The molecule has 0 aliphatic rings. The summed E-state index contributed by atoms with van der Waals surface area (Å²) < 4.78 is 29.0. The first-order valence-electron chi connectivity index (χ1n) is 6.17. The maximum Gasteiger partial charge on any atom is 0.126 e. The lowest BCUT2D eigenvalue weighted by Gasteiger charge is -2.18. The molecule has 3 N–H and O–H groups in total. The van der Waals surface area contributed by atoms with Crippen LogP contribution in [0.25, 0.3) is 0 Å². The third-order valence-electron chi connectivity index (χ3n) is 3.03. The first-order valence-corrected chi connectivity index (χ1v) is 6.96. The van der Waals surface area contributed by atoms with Crippen LogP contribution in [0.4, 0.5) is 8.78 Å². The van der Waals surface area contributed by atoms with Gasteiger partial charge in [-0.2, -0.15) is 5.10 Å². The second kappa shape index (κ2) is 6.43. The Balaban J connectivity index is 2.31. The number of halogens is 3. The molecule has 0 spiro atoms. The van der Waals surface area contributed by atoms with E-state index in [-0.39, 0.29) is 6.04 Å². The summed E-state index contributed by atoms with van der Waals surface area (Å²) in [6.07, 6.45) is 2.03. The van der Waals surface area contributed by atoms with Crippen molar-refractivity contribution in [1.82, 2.24) is 15.2 Å². The summed E-state index contributed by atoms with van der Waals surface area (Å²) in [6.45, 7) is 2.63. The quantitative estimate of drug-likeness (QED) is 0.647. The van der Waals surface area contributed by atoms with E-state index in [0.717, 1.165) is 16.2 Å². The van der Waals surface area contributed by atoms with Crippen LogP contribution in [-0.2, 0) is 13.0 Å². The Bertz CT molecular complexity index is 580. The first-order chi connectivity index (χ1) is 9.55. The van der Waals surface area contributed by atoms with Crippen molar-refractivity contribution >= 4 is 15.9 Å². The summed E-state index contributed by atoms with van der Waals surface area (Å²) in [5.74, 6) is 4.38. The molecule has 1 aromatic carbocycles. The smallest absolute Gasteiger partial charge is 0.126 e. The van der Waals surface area contributed by atoms with Gasteiger partial charge in [-0.05, 0) is 47.0 Å². The van der Waals surface area contributed by atoms with Crippen molar-refractivity contribution in [2.45, 2.75) is 25.9 Å². The highest BCUT2D eigenvalue weighted by atomic mass is 79.9. The van der Waals surface area contributed by atoms with Crippen molar-refractivity contribution in [3.05, 3.63) is 51.8 Å². The molecule has 1 heterocycles. The molecule has 1 unspecified atom stereocenters. The number of hydrogen-bond acceptors (Lipinski definition) is 3. The predicted octanol–water partition coefficient (Wildman–Crippen LogP) is 2.69. The van der Waals surface area contributed by atoms with Gasteiger partial charge in [0.1, 0.15) is 11.6 Å². The number of benzene rings is 1. The molecule has 2 aromatic rings. The van der Waals surface area contributed by atoms with E-state index < -0.39 is 11.6 Å². The zero-order valence-corrected chi connectivity index (χ0v) is 12.5. The Morgan fingerprint density at radius 2 is 2.00 bits per heavy atom. The molecular formula is C13H15BrF2N4. The van der Waals surface area contributed by atoms with Crippen LogP contribution < -0.4 is 11.3 Å². The van der Waals surface area contributed by atoms with Crippen LogP contribution in [0.15, 0.2) is 28.9 Å². The van der Waals surface area contributed by atoms with Crippen LogP contribution in [0, 0.1) is 11.6 Å². The summed E-state index contributed by atoms with van der Waals surface area (Å²) in [4.78, 5) is 0. The van der Waals surface area contributed by atoms with Gasteiger partial charge >= 0.3 is 0 Å². The van der Waals surface area contributed by atoms with E-state index in [1.807, 2.05) is 6.92 Å². The molecule has 0 amide bonds. The van der Waals surface area contributed by atoms with Crippen LogP contribution in [0.2, 0.25) is 0 Å². The Kier molecular flexibility index (Phi) is 4.85. The molecule has 1 atom stereocenters. The monoisotopic (exact) mass is 344 g/mol. The Morgan fingerprint density at radius 1 is 1.35 bits per heavy atom. The topological polar surface area (TPSA) is 55.9 Å². The Morgan fingerprint density at radius 3 is 2.55 bits per heavy atom. The number of nitrogens with zero attached hydrogens (tertiary/aromatic N) is 2. The van der Waals surface area contributed by atoms with E-state index in [2.05, 4.69) is 26.5 Å². The highest BCUT2D eigenvalue weighted by Crippen LogP contribution is 2.26. The standard InChI is InChI=1S/C13H15BrF2N4/c1-2-20-13(11(14)7-18-20)12(19-17)5-8-3-9(15)6-10(16)4-8/h3-4,6-7,12,19H,2,5,17H2,1H3. The molecule has 0 radical (unpaired) electrons. The lowest BCUT2D eigenvalue weighted by molar-refractivity contribution is 0.486. The molecule has 4 nitrogen and oxygen atoms in total. The number of nitrogens with one attached hydrogen (secondary N) is 1. The number of hydrogen-bond donors (Lipinski definition) is 2. The van der Waals surface area contributed by atoms with Crippen LogP contribution in [0.3, 0.4) is 0 Å². The molecule has 7 heteroatoms. The molecular weight excluding hydrogens is 330 g/mol. The van der Waals surface area contributed by atoms with Gasteiger partial charge in [0.15, 0.2) is 0 Å². The fourth-order valence-corrected chi connectivity index (χ4v) is 2.74. The van der Waals surface area contributed by atoms with Gasteiger partial charge in [0.05, 0.1) is 22.4 Å². The third-order valence-corrected chi connectivity index (χ3v) is 3.64. The van der Waals surface area contributed by atoms with Crippen molar-refractivity contribution in [3.8, 4) is 0 Å². The molecule has 2 rings (SSSR count). The minimum atomic E-state index is -0.598. The van der Waals surface area contributed by atoms with Crippen molar-refractivity contribution < 1.29 is 8.78 Å². The maximum atomic E-state index is 13.2. The highest BCUT2D eigenvalue weighted by Gasteiger charge is 2.19. The number of aromatic nitrogens is 2. The van der Waals surface area contributed by atoms with E-state index >= 15 is 0 Å². The number of rotatable bonds is 5. The molecule has 108 valence electrons. The maximum absolute atomic E-state index is 13.2. The minimum absolute atomic E-state index is 0.298. The normalized spacial score (nSPS) is 12.7. The summed E-state index contributed by atoms with van der Waals surface area (Å²) >= 11 is 3.41. The van der Waals surface area contributed by atoms with Gasteiger partial charge in [-0.15, -0.1) is 0 Å². The number of nitrogens with two attached hydrogens (primary N) is 1. The van der Waals surface area contributed by atoms with Crippen LogP contribution in [0.1, 0.15) is 24.2 Å². The van der Waals surface area contributed by atoms with Crippen LogP contribution in [-0.4, -0.2) is 9.78 Å². The van der Waals surface area contributed by atoms with E-state index in [0.29, 0.717) is 18.5 Å². The van der Waals surface area contributed by atoms with E-state index in [1.54, 1.807) is 10.9 Å². The van der Waals surface area contributed by atoms with Gasteiger partial charge in [0.2, 0.25) is 0 Å². The molecule has 0 aliphatic heterocycles. The van der Waals surface area contributed by atoms with Crippen LogP contribution in [0.5, 0.6) is 0 Å². The number of hydrazine groups is 1. The molecule has 0 bridgehead atoms. The largest absolute Gasteiger partial charge is 0.271 e. The van der Waals surface area contributed by atoms with Gasteiger partial charge in [-0.3, -0.25) is 16.0 Å². The van der Waals surface area contributed by atoms with Crippen molar-refractivity contribution in [1.29, 1.82) is 0 Å². The zero-order valence-electron chi connectivity index (χ0n) is 10.9. The van der Waals surface area contributed by atoms with Crippen molar-refractivity contribution in [3.63, 3.8) is 0 Å². The molecule has 0 saturated heterocycles. The van der Waals surface area contributed by atoms with E-state index in [9.17, 15) is 8.78 Å². The van der Waals surface area contributed by atoms with Gasteiger partial charge in [0.25, 0.3) is 0 Å². The lowest BCUT2D eigenvalue weighted by atomic mass is 10.0. The molecule has 0 saturated carbocycles. The fourth-order valence-electron chi connectivity index (χ4n) is 2.17. The fraction of sp³-hybridized carbons (Fsp3) is 0.308. The van der Waals surface area contributed by atoms with Crippen molar-refractivity contribution in [2.75, 3.05) is 0 Å². The molecule has 20 heavy (non-hydrogen) atoms. The third kappa shape index (κ3) is 3.23. The summed E-state index contributed by atoms with van der Waals surface area (Å²) in [5.41, 5.74) is 4.05.